The minimum atomic E-state index is -3.05. The summed E-state index contributed by atoms with van der Waals surface area (Å²) in [7, 11) is -3.05. The van der Waals surface area contributed by atoms with Crippen LogP contribution in [0.15, 0.2) is 66.9 Å². The van der Waals surface area contributed by atoms with Crippen molar-refractivity contribution in [2.45, 2.75) is 6.42 Å². The summed E-state index contributed by atoms with van der Waals surface area (Å²) in [6.45, 7) is 1.06. The summed E-state index contributed by atoms with van der Waals surface area (Å²) in [4.78, 5) is 15.5. The van der Waals surface area contributed by atoms with E-state index >= 15 is 0 Å². The van der Waals surface area contributed by atoms with E-state index in [1.54, 1.807) is 18.3 Å². The van der Waals surface area contributed by atoms with Crippen LogP contribution in [0.25, 0.3) is 22.0 Å². The van der Waals surface area contributed by atoms with Gasteiger partial charge in [0, 0.05) is 36.8 Å². The molecule has 2 aromatic carbocycles. The van der Waals surface area contributed by atoms with Crippen LogP contribution in [-0.2, 0) is 16.3 Å². The van der Waals surface area contributed by atoms with Crippen LogP contribution in [0.4, 0.5) is 10.2 Å². The number of anilines is 1. The number of benzene rings is 2. The molecule has 3 heterocycles. The first-order chi connectivity index (χ1) is 16.5. The topological polar surface area (TPSA) is 85.3 Å². The summed E-state index contributed by atoms with van der Waals surface area (Å²) in [5, 5.41) is 0.790. The van der Waals surface area contributed by atoms with Gasteiger partial charge in [-0.3, -0.25) is 4.98 Å². The van der Waals surface area contributed by atoms with Gasteiger partial charge in [0.1, 0.15) is 11.6 Å². The number of aromatic nitrogens is 3. The van der Waals surface area contributed by atoms with Crippen LogP contribution in [0.5, 0.6) is 6.01 Å². The summed E-state index contributed by atoms with van der Waals surface area (Å²) in [6.07, 6.45) is 2.35. The van der Waals surface area contributed by atoms with Crippen molar-refractivity contribution in [3.05, 3.63) is 78.4 Å². The molecule has 4 aromatic rings. The molecule has 0 N–H and O–H groups in total. The number of hydrogen-bond acceptors (Lipinski definition) is 7. The molecular formula is C25H23FN4O3S. The fourth-order valence-electron chi connectivity index (χ4n) is 3.94. The Morgan fingerprint density at radius 1 is 0.941 bits per heavy atom. The van der Waals surface area contributed by atoms with Gasteiger partial charge in [0.25, 0.3) is 0 Å². The second-order valence-corrected chi connectivity index (χ2v) is 10.4. The molecule has 2 aromatic heterocycles. The highest BCUT2D eigenvalue weighted by Gasteiger charge is 2.25. The minimum absolute atomic E-state index is 0.0754. The largest absolute Gasteiger partial charge is 0.463 e. The number of pyridine rings is 1. The maximum Gasteiger partial charge on any atom is 0.318 e. The van der Waals surface area contributed by atoms with E-state index in [9.17, 15) is 12.8 Å². The van der Waals surface area contributed by atoms with Crippen molar-refractivity contribution in [1.82, 2.24) is 15.0 Å². The first-order valence-corrected chi connectivity index (χ1v) is 12.8. The summed E-state index contributed by atoms with van der Waals surface area (Å²) in [5.74, 6) is 0.491. The Hall–Kier alpha value is -3.59. The van der Waals surface area contributed by atoms with E-state index < -0.39 is 9.84 Å². The molecule has 34 heavy (non-hydrogen) atoms. The maximum atomic E-state index is 13.4. The third kappa shape index (κ3) is 4.99. The molecule has 0 saturated carbocycles. The second kappa shape index (κ2) is 9.34. The smallest absolute Gasteiger partial charge is 0.318 e. The van der Waals surface area contributed by atoms with Gasteiger partial charge in [-0.25, -0.2) is 12.8 Å². The average Bonchev–Trinajstić information content (AvgIpc) is 2.85. The third-order valence-electron chi connectivity index (χ3n) is 5.79. The molecule has 174 valence electrons. The average molecular weight is 479 g/mol. The van der Waals surface area contributed by atoms with E-state index in [0.29, 0.717) is 37.5 Å². The van der Waals surface area contributed by atoms with Gasteiger partial charge in [0.2, 0.25) is 0 Å². The fraction of sp³-hybridized carbons (Fsp3) is 0.240. The normalized spacial score (nSPS) is 15.4. The molecule has 1 fully saturated rings. The van der Waals surface area contributed by atoms with Crippen LogP contribution in [0.1, 0.15) is 5.69 Å². The Balaban J connectivity index is 1.49. The number of ether oxygens (including phenoxy) is 1. The standard InChI is InChI=1S/C25H23FN4O3S/c26-20-7-4-18(5-8-20)19-6-9-23-22(17-19)24(30-12-15-34(31,32)16-13-30)29-25(28-23)33-14-10-21-3-1-2-11-27-21/h1-9,11,17H,10,12-16H2. The number of sulfone groups is 1. The third-order valence-corrected chi connectivity index (χ3v) is 7.40. The van der Waals surface area contributed by atoms with Gasteiger partial charge in [-0.05, 0) is 47.5 Å². The summed E-state index contributed by atoms with van der Waals surface area (Å²) in [6, 6.07) is 18.0. The van der Waals surface area contributed by atoms with Gasteiger partial charge in [0.15, 0.2) is 9.84 Å². The molecule has 1 aliphatic heterocycles. The van der Waals surface area contributed by atoms with E-state index in [0.717, 1.165) is 22.2 Å². The molecule has 0 unspecified atom stereocenters. The van der Waals surface area contributed by atoms with Crippen molar-refractivity contribution in [3.8, 4) is 17.1 Å². The first kappa shape index (κ1) is 22.2. The quantitative estimate of drug-likeness (QED) is 0.418. The molecule has 1 aliphatic rings. The van der Waals surface area contributed by atoms with Crippen molar-refractivity contribution >= 4 is 26.6 Å². The lowest BCUT2D eigenvalue weighted by Gasteiger charge is -2.28. The Morgan fingerprint density at radius 2 is 1.71 bits per heavy atom. The predicted octanol–water partition coefficient (Wildman–Crippen LogP) is 3.69. The summed E-state index contributed by atoms with van der Waals surface area (Å²) >= 11 is 0. The van der Waals surface area contributed by atoms with Crippen molar-refractivity contribution in [2.75, 3.05) is 36.1 Å². The molecule has 7 nitrogen and oxygen atoms in total. The SMILES string of the molecule is O=S1(=O)CCN(c2nc(OCCc3ccccn3)nc3ccc(-c4ccc(F)cc4)cc23)CC1. The zero-order valence-corrected chi connectivity index (χ0v) is 19.2. The summed E-state index contributed by atoms with van der Waals surface area (Å²) < 4.78 is 43.2. The van der Waals surface area contributed by atoms with Gasteiger partial charge in [0.05, 0.1) is 23.6 Å². The van der Waals surface area contributed by atoms with Crippen molar-refractivity contribution in [3.63, 3.8) is 0 Å². The van der Waals surface area contributed by atoms with E-state index in [2.05, 4.69) is 15.0 Å². The summed E-state index contributed by atoms with van der Waals surface area (Å²) in [5.41, 5.74) is 3.36. The predicted molar refractivity (Wildman–Crippen MR) is 129 cm³/mol. The highest BCUT2D eigenvalue weighted by atomic mass is 32.2. The zero-order chi connectivity index (χ0) is 23.5. The fourth-order valence-corrected chi connectivity index (χ4v) is 5.14. The molecule has 9 heteroatoms. The number of fused-ring (bicyclic) bond motifs is 1. The maximum absolute atomic E-state index is 13.4. The van der Waals surface area contributed by atoms with Crippen LogP contribution in [0.2, 0.25) is 0 Å². The van der Waals surface area contributed by atoms with Gasteiger partial charge < -0.3 is 9.64 Å². The van der Waals surface area contributed by atoms with Crippen molar-refractivity contribution in [2.24, 2.45) is 0 Å². The Kier molecular flexibility index (Phi) is 6.10. The number of hydrogen-bond donors (Lipinski definition) is 0. The molecular weight excluding hydrogens is 455 g/mol. The molecule has 0 radical (unpaired) electrons. The number of rotatable bonds is 6. The Bertz CT molecular complexity index is 1400. The minimum Gasteiger partial charge on any atom is -0.463 e. The van der Waals surface area contributed by atoms with Gasteiger partial charge in [-0.1, -0.05) is 24.3 Å². The van der Waals surface area contributed by atoms with Crippen LogP contribution in [0, 0.1) is 5.82 Å². The van der Waals surface area contributed by atoms with Crippen molar-refractivity contribution in [1.29, 1.82) is 0 Å². The molecule has 0 amide bonds. The highest BCUT2D eigenvalue weighted by Crippen LogP contribution is 2.31. The Morgan fingerprint density at radius 3 is 2.44 bits per heavy atom. The van der Waals surface area contributed by atoms with Crippen LogP contribution >= 0.6 is 0 Å². The molecule has 5 rings (SSSR count). The van der Waals surface area contributed by atoms with Crippen LogP contribution in [0.3, 0.4) is 0 Å². The van der Waals surface area contributed by atoms with Gasteiger partial charge in [-0.2, -0.15) is 9.97 Å². The highest BCUT2D eigenvalue weighted by molar-refractivity contribution is 7.91. The Labute approximate surface area is 197 Å². The first-order valence-electron chi connectivity index (χ1n) is 11.0. The monoisotopic (exact) mass is 478 g/mol. The zero-order valence-electron chi connectivity index (χ0n) is 18.4. The molecule has 0 bridgehead atoms. The molecule has 0 atom stereocenters. The number of nitrogens with zero attached hydrogens (tertiary/aromatic N) is 4. The van der Waals surface area contributed by atoms with E-state index in [4.69, 9.17) is 4.74 Å². The molecule has 1 saturated heterocycles. The van der Waals surface area contributed by atoms with E-state index in [1.807, 2.05) is 41.3 Å². The lowest BCUT2D eigenvalue weighted by atomic mass is 10.0. The molecule has 0 aliphatic carbocycles. The van der Waals surface area contributed by atoms with Crippen LogP contribution < -0.4 is 9.64 Å². The lowest BCUT2D eigenvalue weighted by Crippen LogP contribution is -2.40. The lowest BCUT2D eigenvalue weighted by molar-refractivity contribution is 0.296. The van der Waals surface area contributed by atoms with Gasteiger partial charge in [-0.15, -0.1) is 0 Å². The van der Waals surface area contributed by atoms with Crippen molar-refractivity contribution < 1.29 is 17.5 Å². The van der Waals surface area contributed by atoms with E-state index in [-0.39, 0.29) is 23.3 Å². The molecule has 0 spiro atoms. The van der Waals surface area contributed by atoms with Crippen LogP contribution in [-0.4, -0.2) is 54.6 Å². The van der Waals surface area contributed by atoms with Gasteiger partial charge >= 0.3 is 6.01 Å². The van der Waals surface area contributed by atoms with E-state index in [1.165, 1.54) is 12.1 Å². The second-order valence-electron chi connectivity index (χ2n) is 8.13. The number of halogens is 1.